The third-order valence-corrected chi connectivity index (χ3v) is 2.29. The molecule has 84 valence electrons. The number of aromatic nitrogens is 1. The molecule has 0 spiro atoms. The maximum Gasteiger partial charge on any atom is 0.214 e. The first-order valence-electron chi connectivity index (χ1n) is 5.08. The zero-order chi connectivity index (χ0) is 11.4. The van der Waals surface area contributed by atoms with Crippen LogP contribution in [-0.2, 0) is 6.61 Å². The summed E-state index contributed by atoms with van der Waals surface area (Å²) in [5.41, 5.74) is 1.56. The summed E-state index contributed by atoms with van der Waals surface area (Å²) in [4.78, 5) is 4.28. The summed E-state index contributed by atoms with van der Waals surface area (Å²) in [7, 11) is 0. The van der Waals surface area contributed by atoms with Gasteiger partial charge in [0.1, 0.15) is 6.61 Å². The van der Waals surface area contributed by atoms with Gasteiger partial charge in [0.25, 0.3) is 0 Å². The van der Waals surface area contributed by atoms with Gasteiger partial charge in [-0.05, 0) is 11.6 Å². The fraction of sp³-hybridized carbons (Fsp3) is 0.250. The van der Waals surface area contributed by atoms with Gasteiger partial charge in [-0.2, -0.15) is 0 Å². The third-order valence-electron chi connectivity index (χ3n) is 2.29. The molecule has 0 saturated heterocycles. The second kappa shape index (κ2) is 4.92. The van der Waals surface area contributed by atoms with Crippen LogP contribution in [-0.4, -0.2) is 28.4 Å². The molecule has 0 amide bonds. The number of rotatable bonds is 4. The van der Waals surface area contributed by atoms with Crippen molar-refractivity contribution in [2.24, 2.45) is 0 Å². The van der Waals surface area contributed by atoms with Gasteiger partial charge < -0.3 is 14.9 Å². The second-order valence-corrected chi connectivity index (χ2v) is 3.37. The molecule has 1 aromatic carbocycles. The molecular weight excluding hydrogens is 206 g/mol. The number of hydrogen-bond acceptors (Lipinski definition) is 4. The average molecular weight is 219 g/mol. The van der Waals surface area contributed by atoms with Crippen LogP contribution in [0.5, 0.6) is 5.88 Å². The summed E-state index contributed by atoms with van der Waals surface area (Å²) in [6.45, 7) is 0.0949. The molecule has 0 unspecified atom stereocenters. The van der Waals surface area contributed by atoms with Crippen molar-refractivity contribution in [3.63, 3.8) is 0 Å². The lowest BCUT2D eigenvalue weighted by Crippen LogP contribution is -2.04. The monoisotopic (exact) mass is 219 g/mol. The summed E-state index contributed by atoms with van der Waals surface area (Å²) in [6.07, 6.45) is 0. The Bertz CT molecular complexity index is 485. The van der Waals surface area contributed by atoms with Crippen LogP contribution in [0.1, 0.15) is 5.56 Å². The zero-order valence-electron chi connectivity index (χ0n) is 8.76. The largest absolute Gasteiger partial charge is 0.475 e. The third kappa shape index (κ3) is 2.13. The molecule has 0 aliphatic rings. The Labute approximate surface area is 93.1 Å². The van der Waals surface area contributed by atoms with Crippen molar-refractivity contribution in [1.82, 2.24) is 4.98 Å². The van der Waals surface area contributed by atoms with Crippen LogP contribution in [0.2, 0.25) is 0 Å². The van der Waals surface area contributed by atoms with Crippen molar-refractivity contribution in [2.75, 3.05) is 13.2 Å². The minimum absolute atomic E-state index is 0.0526. The first-order valence-corrected chi connectivity index (χ1v) is 5.08. The first-order chi connectivity index (χ1) is 7.85. The van der Waals surface area contributed by atoms with Crippen molar-refractivity contribution in [3.05, 3.63) is 35.9 Å². The maximum absolute atomic E-state index is 9.25. The van der Waals surface area contributed by atoms with Gasteiger partial charge in [-0.25, -0.2) is 4.98 Å². The molecule has 1 heterocycles. The Balaban J connectivity index is 2.46. The highest BCUT2D eigenvalue weighted by molar-refractivity contribution is 5.82. The topological polar surface area (TPSA) is 62.6 Å². The second-order valence-electron chi connectivity index (χ2n) is 3.37. The Hall–Kier alpha value is -1.65. The summed E-state index contributed by atoms with van der Waals surface area (Å²) in [6, 6.07) is 9.24. The highest BCUT2D eigenvalue weighted by atomic mass is 16.5. The van der Waals surface area contributed by atoms with Crippen molar-refractivity contribution in [1.29, 1.82) is 0 Å². The Morgan fingerprint density at radius 1 is 1.19 bits per heavy atom. The van der Waals surface area contributed by atoms with Crippen molar-refractivity contribution < 1.29 is 14.9 Å². The molecule has 2 rings (SSSR count). The van der Waals surface area contributed by atoms with Gasteiger partial charge in [0.2, 0.25) is 5.88 Å². The predicted molar refractivity (Wildman–Crippen MR) is 60.2 cm³/mol. The van der Waals surface area contributed by atoms with Crippen molar-refractivity contribution >= 4 is 10.9 Å². The highest BCUT2D eigenvalue weighted by Gasteiger charge is 2.05. The highest BCUT2D eigenvalue weighted by Crippen LogP contribution is 2.21. The molecule has 0 aliphatic carbocycles. The SMILES string of the molecule is OCCOc1cc(CO)c2ccccc2n1. The minimum Gasteiger partial charge on any atom is -0.475 e. The van der Waals surface area contributed by atoms with Crippen LogP contribution < -0.4 is 4.74 Å². The molecule has 0 saturated carbocycles. The summed E-state index contributed by atoms with van der Waals surface area (Å²) < 4.78 is 5.23. The van der Waals surface area contributed by atoms with Gasteiger partial charge in [-0.3, -0.25) is 0 Å². The molecule has 0 aliphatic heterocycles. The van der Waals surface area contributed by atoms with E-state index in [1.807, 2.05) is 24.3 Å². The fourth-order valence-electron chi connectivity index (χ4n) is 1.58. The number of aliphatic hydroxyl groups is 2. The standard InChI is InChI=1S/C12H13NO3/c14-5-6-16-12-7-9(8-15)10-3-1-2-4-11(10)13-12/h1-4,7,14-15H,5-6,8H2. The van der Waals surface area contributed by atoms with E-state index in [9.17, 15) is 5.11 Å². The molecule has 1 aromatic heterocycles. The van der Waals surface area contributed by atoms with E-state index in [2.05, 4.69) is 4.98 Å². The van der Waals surface area contributed by atoms with Gasteiger partial charge in [-0.15, -0.1) is 0 Å². The van der Waals surface area contributed by atoms with Crippen LogP contribution >= 0.6 is 0 Å². The molecule has 2 N–H and O–H groups in total. The number of fused-ring (bicyclic) bond motifs is 1. The van der Waals surface area contributed by atoms with E-state index >= 15 is 0 Å². The summed E-state index contributed by atoms with van der Waals surface area (Å²) >= 11 is 0. The van der Waals surface area contributed by atoms with Crippen LogP contribution in [0, 0.1) is 0 Å². The number of ether oxygens (including phenoxy) is 1. The summed E-state index contributed by atoms with van der Waals surface area (Å²) in [5, 5.41) is 18.8. The van der Waals surface area contributed by atoms with Gasteiger partial charge >= 0.3 is 0 Å². The van der Waals surface area contributed by atoms with E-state index < -0.39 is 0 Å². The molecule has 16 heavy (non-hydrogen) atoms. The fourth-order valence-corrected chi connectivity index (χ4v) is 1.58. The van der Waals surface area contributed by atoms with E-state index in [-0.39, 0.29) is 19.8 Å². The van der Waals surface area contributed by atoms with E-state index in [4.69, 9.17) is 9.84 Å². The first kappa shape index (κ1) is 10.9. The molecule has 4 nitrogen and oxygen atoms in total. The molecule has 4 heteroatoms. The normalized spacial score (nSPS) is 10.6. The van der Waals surface area contributed by atoms with E-state index in [0.29, 0.717) is 5.88 Å². The van der Waals surface area contributed by atoms with Gasteiger partial charge in [-0.1, -0.05) is 18.2 Å². The van der Waals surface area contributed by atoms with Gasteiger partial charge in [0.05, 0.1) is 18.7 Å². The average Bonchev–Trinajstić information content (AvgIpc) is 2.35. The zero-order valence-corrected chi connectivity index (χ0v) is 8.76. The number of pyridine rings is 1. The quantitative estimate of drug-likeness (QED) is 0.808. The number of nitrogens with zero attached hydrogens (tertiary/aromatic N) is 1. The number of aliphatic hydroxyl groups excluding tert-OH is 2. The van der Waals surface area contributed by atoms with Gasteiger partial charge in [0, 0.05) is 11.5 Å². The summed E-state index contributed by atoms with van der Waals surface area (Å²) in [5.74, 6) is 0.428. The van der Waals surface area contributed by atoms with Crippen molar-refractivity contribution in [3.8, 4) is 5.88 Å². The van der Waals surface area contributed by atoms with E-state index in [1.54, 1.807) is 6.07 Å². The van der Waals surface area contributed by atoms with Crippen LogP contribution in [0.4, 0.5) is 0 Å². The smallest absolute Gasteiger partial charge is 0.214 e. The molecule has 0 atom stereocenters. The predicted octanol–water partition coefficient (Wildman–Crippen LogP) is 1.10. The number of benzene rings is 1. The molecule has 0 fully saturated rings. The van der Waals surface area contributed by atoms with E-state index in [0.717, 1.165) is 16.5 Å². The molecule has 0 bridgehead atoms. The molecular formula is C12H13NO3. The van der Waals surface area contributed by atoms with E-state index in [1.165, 1.54) is 0 Å². The Morgan fingerprint density at radius 2 is 2.00 bits per heavy atom. The Morgan fingerprint density at radius 3 is 2.75 bits per heavy atom. The maximum atomic E-state index is 9.25. The van der Waals surface area contributed by atoms with Gasteiger partial charge in [0.15, 0.2) is 0 Å². The Kier molecular flexibility index (Phi) is 3.34. The molecule has 0 radical (unpaired) electrons. The number of hydrogen-bond donors (Lipinski definition) is 2. The lowest BCUT2D eigenvalue weighted by molar-refractivity contribution is 0.196. The number of para-hydroxylation sites is 1. The lowest BCUT2D eigenvalue weighted by Gasteiger charge is -2.08. The minimum atomic E-state index is -0.0570. The lowest BCUT2D eigenvalue weighted by atomic mass is 10.1. The van der Waals surface area contributed by atoms with Crippen LogP contribution in [0.3, 0.4) is 0 Å². The van der Waals surface area contributed by atoms with Crippen LogP contribution in [0.25, 0.3) is 10.9 Å². The molecule has 2 aromatic rings. The van der Waals surface area contributed by atoms with Crippen LogP contribution in [0.15, 0.2) is 30.3 Å². The van der Waals surface area contributed by atoms with Crippen molar-refractivity contribution in [2.45, 2.75) is 6.61 Å².